The van der Waals surface area contributed by atoms with Gasteiger partial charge in [-0.25, -0.2) is 17.6 Å². The lowest BCUT2D eigenvalue weighted by Crippen LogP contribution is -2.34. The first kappa shape index (κ1) is 19.8. The lowest BCUT2D eigenvalue weighted by Gasteiger charge is -2.21. The molecule has 0 aliphatic carbocycles. The van der Waals surface area contributed by atoms with Crippen LogP contribution in [0.15, 0.2) is 42.5 Å². The molecule has 1 aliphatic heterocycles. The number of anilines is 2. The number of para-hydroxylation sites is 1. The number of nitrogens with one attached hydrogen (secondary N) is 1. The fourth-order valence-electron chi connectivity index (χ4n) is 3.20. The molecule has 7 nitrogen and oxygen atoms in total. The zero-order valence-corrected chi connectivity index (χ0v) is 16.1. The number of hydrogen-bond acceptors (Lipinski definition) is 5. The predicted octanol–water partition coefficient (Wildman–Crippen LogP) is 2.33. The normalized spacial score (nSPS) is 15.8. The van der Waals surface area contributed by atoms with E-state index in [1.165, 1.54) is 28.6 Å². The molecule has 9 heteroatoms. The highest BCUT2D eigenvalue weighted by Gasteiger charge is 2.32. The maximum absolute atomic E-state index is 13.5. The maximum atomic E-state index is 13.5. The molecule has 0 fully saturated rings. The third-order valence-corrected chi connectivity index (χ3v) is 5.58. The van der Waals surface area contributed by atoms with Crippen LogP contribution in [0, 0.1) is 5.82 Å². The quantitative estimate of drug-likeness (QED) is 0.770. The third kappa shape index (κ3) is 4.14. The minimum absolute atomic E-state index is 0.00377. The van der Waals surface area contributed by atoms with Crippen LogP contribution in [0.1, 0.15) is 22.8 Å². The number of fused-ring (bicyclic) bond motifs is 1. The number of sulfonamides is 1. The Labute approximate surface area is 162 Å². The highest BCUT2D eigenvalue weighted by molar-refractivity contribution is 7.92. The number of ether oxygens (including phenoxy) is 1. The second kappa shape index (κ2) is 7.59. The first-order chi connectivity index (χ1) is 13.2. The van der Waals surface area contributed by atoms with E-state index >= 15 is 0 Å². The van der Waals surface area contributed by atoms with Gasteiger partial charge in [0.15, 0.2) is 6.61 Å². The van der Waals surface area contributed by atoms with Gasteiger partial charge < -0.3 is 10.1 Å². The zero-order valence-electron chi connectivity index (χ0n) is 15.3. The van der Waals surface area contributed by atoms with Crippen LogP contribution in [-0.2, 0) is 26.0 Å². The molecule has 0 saturated carbocycles. The highest BCUT2D eigenvalue weighted by Crippen LogP contribution is 2.34. The Bertz CT molecular complexity index is 1040. The number of carbonyl (C=O) groups is 2. The van der Waals surface area contributed by atoms with Gasteiger partial charge in [-0.1, -0.05) is 12.1 Å². The minimum Gasteiger partial charge on any atom is -0.452 e. The number of nitrogens with zero attached hydrogens (tertiary/aromatic N) is 1. The molecule has 0 bridgehead atoms. The monoisotopic (exact) mass is 406 g/mol. The molecule has 1 N–H and O–H groups in total. The van der Waals surface area contributed by atoms with Crippen molar-refractivity contribution < 1.29 is 27.1 Å². The SMILES string of the molecule is C[C@@H]1Cc2cc(C(=O)OCC(=O)Nc3ccccc3F)ccc2N1S(C)(=O)=O. The van der Waals surface area contributed by atoms with Crippen molar-refractivity contribution in [2.75, 3.05) is 22.5 Å². The van der Waals surface area contributed by atoms with E-state index in [0.717, 1.165) is 6.26 Å². The van der Waals surface area contributed by atoms with Gasteiger partial charge in [0.2, 0.25) is 10.0 Å². The molecule has 0 saturated heterocycles. The Balaban J connectivity index is 1.65. The molecule has 1 heterocycles. The van der Waals surface area contributed by atoms with Gasteiger partial charge in [-0.2, -0.15) is 0 Å². The summed E-state index contributed by atoms with van der Waals surface area (Å²) in [6, 6.07) is 9.97. The summed E-state index contributed by atoms with van der Waals surface area (Å²) < 4.78 is 43.7. The van der Waals surface area contributed by atoms with Crippen molar-refractivity contribution in [3.63, 3.8) is 0 Å². The van der Waals surface area contributed by atoms with E-state index < -0.39 is 34.3 Å². The molecule has 2 aromatic rings. The zero-order chi connectivity index (χ0) is 20.5. The summed E-state index contributed by atoms with van der Waals surface area (Å²) in [6.07, 6.45) is 1.60. The minimum atomic E-state index is -3.42. The Morgan fingerprint density at radius 2 is 1.96 bits per heavy atom. The first-order valence-corrected chi connectivity index (χ1v) is 10.4. The van der Waals surface area contributed by atoms with Gasteiger partial charge in [-0.05, 0) is 49.2 Å². The fourth-order valence-corrected chi connectivity index (χ4v) is 4.46. The van der Waals surface area contributed by atoms with Gasteiger partial charge in [-0.15, -0.1) is 0 Å². The molecule has 148 valence electrons. The Morgan fingerprint density at radius 1 is 1.25 bits per heavy atom. The number of esters is 1. The van der Waals surface area contributed by atoms with Crippen LogP contribution in [0.5, 0.6) is 0 Å². The molecule has 1 amide bonds. The van der Waals surface area contributed by atoms with E-state index in [1.54, 1.807) is 25.1 Å². The molecular weight excluding hydrogens is 387 g/mol. The molecule has 0 aromatic heterocycles. The van der Waals surface area contributed by atoms with Crippen molar-refractivity contribution in [1.82, 2.24) is 0 Å². The smallest absolute Gasteiger partial charge is 0.338 e. The van der Waals surface area contributed by atoms with E-state index in [0.29, 0.717) is 17.7 Å². The van der Waals surface area contributed by atoms with E-state index in [2.05, 4.69) is 5.32 Å². The Hall–Kier alpha value is -2.94. The van der Waals surface area contributed by atoms with Crippen LogP contribution in [0.25, 0.3) is 0 Å². The lowest BCUT2D eigenvalue weighted by molar-refractivity contribution is -0.119. The van der Waals surface area contributed by atoms with Crippen LogP contribution in [0.4, 0.5) is 15.8 Å². The molecule has 1 atom stereocenters. The molecule has 0 unspecified atom stereocenters. The average molecular weight is 406 g/mol. The second-order valence-electron chi connectivity index (χ2n) is 6.56. The summed E-state index contributed by atoms with van der Waals surface area (Å²) in [4.78, 5) is 24.1. The summed E-state index contributed by atoms with van der Waals surface area (Å²) in [5, 5.41) is 2.32. The van der Waals surface area contributed by atoms with Gasteiger partial charge in [0.05, 0.1) is 23.2 Å². The van der Waals surface area contributed by atoms with Crippen molar-refractivity contribution >= 4 is 33.3 Å². The topological polar surface area (TPSA) is 92.8 Å². The fraction of sp³-hybridized carbons (Fsp3) is 0.263. The number of carbonyl (C=O) groups excluding carboxylic acids is 2. The summed E-state index contributed by atoms with van der Waals surface area (Å²) in [6.45, 7) is 1.21. The predicted molar refractivity (Wildman–Crippen MR) is 102 cm³/mol. The van der Waals surface area contributed by atoms with Crippen LogP contribution < -0.4 is 9.62 Å². The third-order valence-electron chi connectivity index (χ3n) is 4.31. The molecule has 28 heavy (non-hydrogen) atoms. The molecule has 0 spiro atoms. The molecule has 0 radical (unpaired) electrons. The summed E-state index contributed by atoms with van der Waals surface area (Å²) in [5.41, 5.74) is 1.45. The van der Waals surface area contributed by atoms with Crippen molar-refractivity contribution in [3.05, 3.63) is 59.4 Å². The largest absolute Gasteiger partial charge is 0.452 e. The summed E-state index contributed by atoms with van der Waals surface area (Å²) >= 11 is 0. The number of amides is 1. The van der Waals surface area contributed by atoms with Crippen LogP contribution in [0.2, 0.25) is 0 Å². The van der Waals surface area contributed by atoms with Gasteiger partial charge in [0, 0.05) is 6.04 Å². The van der Waals surface area contributed by atoms with E-state index in [-0.39, 0.29) is 17.3 Å². The Kier molecular flexibility index (Phi) is 5.37. The van der Waals surface area contributed by atoms with E-state index in [9.17, 15) is 22.4 Å². The summed E-state index contributed by atoms with van der Waals surface area (Å²) in [5.74, 6) is -1.99. The van der Waals surface area contributed by atoms with Gasteiger partial charge in [-0.3, -0.25) is 9.10 Å². The van der Waals surface area contributed by atoms with E-state index in [4.69, 9.17) is 4.74 Å². The number of halogens is 1. The van der Waals surface area contributed by atoms with Gasteiger partial charge >= 0.3 is 5.97 Å². The Morgan fingerprint density at radius 3 is 2.64 bits per heavy atom. The van der Waals surface area contributed by atoms with Gasteiger partial charge in [0.1, 0.15) is 5.82 Å². The number of benzene rings is 2. The van der Waals surface area contributed by atoms with Crippen molar-refractivity contribution in [3.8, 4) is 0 Å². The molecular formula is C19H19FN2O5S. The number of rotatable bonds is 5. The van der Waals surface area contributed by atoms with Crippen molar-refractivity contribution in [2.24, 2.45) is 0 Å². The maximum Gasteiger partial charge on any atom is 0.338 e. The summed E-state index contributed by atoms with van der Waals surface area (Å²) in [7, 11) is -3.42. The highest BCUT2D eigenvalue weighted by atomic mass is 32.2. The lowest BCUT2D eigenvalue weighted by atomic mass is 10.1. The van der Waals surface area contributed by atoms with Gasteiger partial charge in [0.25, 0.3) is 5.91 Å². The first-order valence-electron chi connectivity index (χ1n) is 8.50. The number of hydrogen-bond donors (Lipinski definition) is 1. The van der Waals surface area contributed by atoms with Crippen molar-refractivity contribution in [1.29, 1.82) is 0 Å². The average Bonchev–Trinajstić information content (AvgIpc) is 2.96. The van der Waals surface area contributed by atoms with Crippen LogP contribution >= 0.6 is 0 Å². The standard InChI is InChI=1S/C19H19FN2O5S/c1-12-9-14-10-13(7-8-17(14)22(12)28(2,25)26)19(24)27-11-18(23)21-16-6-4-3-5-15(16)20/h3-8,10,12H,9,11H2,1-2H3,(H,21,23)/t12-/m1/s1. The molecule has 2 aromatic carbocycles. The molecule has 1 aliphatic rings. The van der Waals surface area contributed by atoms with Crippen LogP contribution in [0.3, 0.4) is 0 Å². The molecule has 3 rings (SSSR count). The second-order valence-corrected chi connectivity index (χ2v) is 8.42. The van der Waals surface area contributed by atoms with Crippen molar-refractivity contribution in [2.45, 2.75) is 19.4 Å². The van der Waals surface area contributed by atoms with E-state index in [1.807, 2.05) is 0 Å². The van der Waals surface area contributed by atoms with Crippen LogP contribution in [-0.4, -0.2) is 39.2 Å².